The van der Waals surface area contributed by atoms with Crippen LogP contribution in [0, 0.1) is 0 Å². The number of fused-ring (bicyclic) bond motifs is 1. The van der Waals surface area contributed by atoms with Crippen LogP contribution >= 0.6 is 11.8 Å². The highest BCUT2D eigenvalue weighted by atomic mass is 32.2. The van der Waals surface area contributed by atoms with Crippen LogP contribution in [0.3, 0.4) is 0 Å². The molecule has 0 radical (unpaired) electrons. The predicted molar refractivity (Wildman–Crippen MR) is 120 cm³/mol. The van der Waals surface area contributed by atoms with Crippen LogP contribution in [-0.2, 0) is 11.2 Å². The smallest absolute Gasteiger partial charge is 0.240 e. The SMILES string of the molecule is CCOc1ccc(NC(=O)[C@H]2Sc3nnc(CC)n3N[C@H]2c2ccc(OC)cc2)cc1. The number of ether oxygens (including phenoxy) is 2. The fraction of sp³-hybridized carbons (Fsp3) is 0.318. The van der Waals surface area contributed by atoms with Gasteiger partial charge in [-0.15, -0.1) is 10.2 Å². The Morgan fingerprint density at radius 3 is 2.45 bits per heavy atom. The van der Waals surface area contributed by atoms with E-state index in [2.05, 4.69) is 20.9 Å². The molecule has 0 aliphatic carbocycles. The van der Waals surface area contributed by atoms with Crippen molar-refractivity contribution in [2.75, 3.05) is 24.5 Å². The number of amides is 1. The van der Waals surface area contributed by atoms with Gasteiger partial charge in [0.25, 0.3) is 0 Å². The minimum Gasteiger partial charge on any atom is -0.497 e. The summed E-state index contributed by atoms with van der Waals surface area (Å²) in [5.41, 5.74) is 5.13. The molecule has 0 saturated heterocycles. The van der Waals surface area contributed by atoms with Crippen molar-refractivity contribution in [3.8, 4) is 11.5 Å². The summed E-state index contributed by atoms with van der Waals surface area (Å²) in [4.78, 5) is 13.3. The lowest BCUT2D eigenvalue weighted by Crippen LogP contribution is -2.41. The van der Waals surface area contributed by atoms with Gasteiger partial charge in [-0.1, -0.05) is 30.8 Å². The molecule has 0 spiro atoms. The lowest BCUT2D eigenvalue weighted by molar-refractivity contribution is -0.116. The molecule has 8 nitrogen and oxygen atoms in total. The second-order valence-electron chi connectivity index (χ2n) is 6.95. The third-order valence-corrected chi connectivity index (χ3v) is 6.20. The summed E-state index contributed by atoms with van der Waals surface area (Å²) in [6.45, 7) is 4.56. The van der Waals surface area contributed by atoms with Crippen molar-refractivity contribution in [1.29, 1.82) is 0 Å². The van der Waals surface area contributed by atoms with Crippen LogP contribution < -0.4 is 20.2 Å². The van der Waals surface area contributed by atoms with Gasteiger partial charge in [-0.2, -0.15) is 0 Å². The van der Waals surface area contributed by atoms with Gasteiger partial charge in [-0.3, -0.25) is 4.79 Å². The van der Waals surface area contributed by atoms with Crippen LogP contribution in [0.25, 0.3) is 0 Å². The van der Waals surface area contributed by atoms with E-state index in [1.807, 2.05) is 67.1 Å². The minimum absolute atomic E-state index is 0.116. The number of thioether (sulfide) groups is 1. The van der Waals surface area contributed by atoms with Gasteiger partial charge >= 0.3 is 0 Å². The number of benzene rings is 2. The number of methoxy groups -OCH3 is 1. The van der Waals surface area contributed by atoms with Gasteiger partial charge in [0.2, 0.25) is 11.1 Å². The number of hydrogen-bond donors (Lipinski definition) is 2. The number of carbonyl (C=O) groups is 1. The number of aryl methyl sites for hydroxylation is 1. The molecule has 2 heterocycles. The molecule has 1 amide bonds. The van der Waals surface area contributed by atoms with E-state index in [9.17, 15) is 4.79 Å². The van der Waals surface area contributed by atoms with E-state index in [-0.39, 0.29) is 11.9 Å². The monoisotopic (exact) mass is 439 g/mol. The molecule has 3 aromatic rings. The second-order valence-corrected chi connectivity index (χ2v) is 8.06. The average Bonchev–Trinajstić information content (AvgIpc) is 3.22. The third-order valence-electron chi connectivity index (χ3n) is 4.99. The van der Waals surface area contributed by atoms with Gasteiger partial charge in [0.05, 0.1) is 19.8 Å². The van der Waals surface area contributed by atoms with Gasteiger partial charge < -0.3 is 20.2 Å². The summed E-state index contributed by atoms with van der Waals surface area (Å²) in [5.74, 6) is 2.24. The Morgan fingerprint density at radius 2 is 1.81 bits per heavy atom. The molecule has 0 fully saturated rings. The number of aromatic nitrogens is 3. The summed E-state index contributed by atoms with van der Waals surface area (Å²) in [5, 5.41) is 11.7. The molecule has 1 aliphatic heterocycles. The number of rotatable bonds is 7. The molecule has 1 aliphatic rings. The molecule has 9 heteroatoms. The number of nitrogens with zero attached hydrogens (tertiary/aromatic N) is 3. The van der Waals surface area contributed by atoms with Gasteiger partial charge in [0.15, 0.2) is 5.82 Å². The van der Waals surface area contributed by atoms with Crippen LogP contribution in [0.2, 0.25) is 0 Å². The quantitative estimate of drug-likeness (QED) is 0.581. The molecule has 1 aromatic heterocycles. The summed E-state index contributed by atoms with van der Waals surface area (Å²) >= 11 is 1.40. The lowest BCUT2D eigenvalue weighted by Gasteiger charge is -2.33. The Morgan fingerprint density at radius 1 is 1.10 bits per heavy atom. The second kappa shape index (κ2) is 9.30. The highest BCUT2D eigenvalue weighted by Crippen LogP contribution is 2.38. The minimum atomic E-state index is -0.443. The first-order valence-electron chi connectivity index (χ1n) is 10.2. The molecule has 31 heavy (non-hydrogen) atoms. The van der Waals surface area contributed by atoms with Crippen molar-refractivity contribution < 1.29 is 14.3 Å². The molecule has 0 bridgehead atoms. The van der Waals surface area contributed by atoms with Crippen molar-refractivity contribution in [3.63, 3.8) is 0 Å². The van der Waals surface area contributed by atoms with E-state index >= 15 is 0 Å². The Bertz CT molecular complexity index is 1040. The summed E-state index contributed by atoms with van der Waals surface area (Å²) in [6.07, 6.45) is 0.735. The zero-order valence-corrected chi connectivity index (χ0v) is 18.5. The Hall–Kier alpha value is -3.20. The summed E-state index contributed by atoms with van der Waals surface area (Å²) in [7, 11) is 1.63. The fourth-order valence-electron chi connectivity index (χ4n) is 3.40. The van der Waals surface area contributed by atoms with Gasteiger partial charge in [0.1, 0.15) is 16.7 Å². The molecular formula is C22H25N5O3S. The first-order chi connectivity index (χ1) is 15.1. The zero-order valence-electron chi connectivity index (χ0n) is 17.7. The number of hydrogen-bond acceptors (Lipinski definition) is 7. The highest BCUT2D eigenvalue weighted by Gasteiger charge is 2.37. The average molecular weight is 440 g/mol. The molecular weight excluding hydrogens is 414 g/mol. The highest BCUT2D eigenvalue weighted by molar-refractivity contribution is 8.00. The van der Waals surface area contributed by atoms with Crippen LogP contribution in [0.15, 0.2) is 53.7 Å². The van der Waals surface area contributed by atoms with Gasteiger partial charge in [0, 0.05) is 12.1 Å². The van der Waals surface area contributed by atoms with E-state index in [1.54, 1.807) is 7.11 Å². The van der Waals surface area contributed by atoms with E-state index in [4.69, 9.17) is 9.47 Å². The molecule has 0 saturated carbocycles. The largest absolute Gasteiger partial charge is 0.497 e. The zero-order chi connectivity index (χ0) is 21.8. The van der Waals surface area contributed by atoms with Crippen molar-refractivity contribution >= 4 is 23.4 Å². The summed E-state index contributed by atoms with van der Waals surface area (Å²) < 4.78 is 12.6. The number of carbonyl (C=O) groups excluding carboxylic acids is 1. The number of anilines is 1. The molecule has 2 aromatic carbocycles. The molecule has 4 rings (SSSR count). The van der Waals surface area contributed by atoms with Crippen molar-refractivity contribution in [2.24, 2.45) is 0 Å². The first kappa shape index (κ1) is 21.0. The number of nitrogens with one attached hydrogen (secondary N) is 2. The maximum atomic E-state index is 13.3. The van der Waals surface area contributed by atoms with E-state index in [0.29, 0.717) is 17.5 Å². The van der Waals surface area contributed by atoms with Gasteiger partial charge in [-0.05, 0) is 48.9 Å². The Balaban J connectivity index is 1.60. The van der Waals surface area contributed by atoms with E-state index < -0.39 is 5.25 Å². The summed E-state index contributed by atoms with van der Waals surface area (Å²) in [6, 6.07) is 14.8. The fourth-order valence-corrected chi connectivity index (χ4v) is 4.50. The Labute approximate surface area is 185 Å². The Kier molecular flexibility index (Phi) is 6.31. The third kappa shape index (κ3) is 4.46. The maximum Gasteiger partial charge on any atom is 0.240 e. The standard InChI is InChI=1S/C22H25N5O3S/c1-4-18-24-25-22-27(18)26-19(14-6-10-16(29-3)11-7-14)20(31-22)21(28)23-15-8-12-17(13-9-15)30-5-2/h6-13,19-20,26H,4-5H2,1-3H3,(H,23,28)/t19-,20-/m0/s1. The van der Waals surface area contributed by atoms with Crippen molar-refractivity contribution in [3.05, 3.63) is 59.9 Å². The van der Waals surface area contributed by atoms with E-state index in [0.717, 1.165) is 29.3 Å². The van der Waals surface area contributed by atoms with Crippen molar-refractivity contribution in [1.82, 2.24) is 14.9 Å². The van der Waals surface area contributed by atoms with Crippen LogP contribution in [0.1, 0.15) is 31.3 Å². The van der Waals surface area contributed by atoms with E-state index in [1.165, 1.54) is 11.8 Å². The molecule has 162 valence electrons. The molecule has 0 unspecified atom stereocenters. The molecule has 2 atom stereocenters. The van der Waals surface area contributed by atoms with Crippen LogP contribution in [0.4, 0.5) is 5.69 Å². The predicted octanol–water partition coefficient (Wildman–Crippen LogP) is 3.65. The normalized spacial score (nSPS) is 17.4. The van der Waals surface area contributed by atoms with Crippen molar-refractivity contribution in [2.45, 2.75) is 36.7 Å². The van der Waals surface area contributed by atoms with Crippen LogP contribution in [-0.4, -0.2) is 39.7 Å². The first-order valence-corrected chi connectivity index (χ1v) is 11.1. The van der Waals surface area contributed by atoms with Crippen LogP contribution in [0.5, 0.6) is 11.5 Å². The van der Waals surface area contributed by atoms with Gasteiger partial charge in [-0.25, -0.2) is 4.68 Å². The molecule has 2 N–H and O–H groups in total. The lowest BCUT2D eigenvalue weighted by atomic mass is 10.0. The maximum absolute atomic E-state index is 13.3. The topological polar surface area (TPSA) is 90.3 Å².